The molecular formula is C14H17NO2. The molecule has 3 atom stereocenters. The van der Waals surface area contributed by atoms with Gasteiger partial charge < -0.3 is 9.64 Å². The van der Waals surface area contributed by atoms with Gasteiger partial charge in [0.05, 0.1) is 7.11 Å². The van der Waals surface area contributed by atoms with Gasteiger partial charge in [0.1, 0.15) is 0 Å². The summed E-state index contributed by atoms with van der Waals surface area (Å²) in [5, 5.41) is 0. The second-order valence-corrected chi connectivity index (χ2v) is 4.93. The van der Waals surface area contributed by atoms with Crippen LogP contribution in [0.3, 0.4) is 0 Å². The maximum absolute atomic E-state index is 11.8. The lowest BCUT2D eigenvalue weighted by atomic mass is 9.84. The topological polar surface area (TPSA) is 29.5 Å². The summed E-state index contributed by atoms with van der Waals surface area (Å²) in [4.78, 5) is 13.7. The highest BCUT2D eigenvalue weighted by atomic mass is 16.5. The fraction of sp³-hybridized carbons (Fsp3) is 0.500. The molecule has 0 unspecified atom stereocenters. The Hall–Kier alpha value is -1.51. The van der Waals surface area contributed by atoms with Gasteiger partial charge in [-0.05, 0) is 24.8 Å². The molecule has 2 bridgehead atoms. The number of methoxy groups -OCH3 is 1. The zero-order valence-electron chi connectivity index (χ0n) is 10.0. The van der Waals surface area contributed by atoms with Crippen molar-refractivity contribution >= 4 is 6.09 Å². The number of carbonyl (C=O) groups is 1. The molecule has 17 heavy (non-hydrogen) atoms. The third-order valence-corrected chi connectivity index (χ3v) is 4.15. The Labute approximate surface area is 101 Å². The monoisotopic (exact) mass is 231 g/mol. The molecule has 90 valence electrons. The predicted octanol–water partition coefficient (Wildman–Crippen LogP) is 2.77. The molecule has 2 saturated heterocycles. The molecule has 2 aliphatic heterocycles. The number of hydrogen-bond donors (Lipinski definition) is 0. The molecular weight excluding hydrogens is 214 g/mol. The van der Waals surface area contributed by atoms with Crippen molar-refractivity contribution < 1.29 is 9.53 Å². The van der Waals surface area contributed by atoms with E-state index in [9.17, 15) is 4.79 Å². The largest absolute Gasteiger partial charge is 0.453 e. The first-order valence-electron chi connectivity index (χ1n) is 6.22. The summed E-state index contributed by atoms with van der Waals surface area (Å²) in [5.41, 5.74) is 1.36. The number of nitrogens with zero attached hydrogens (tertiary/aromatic N) is 1. The Balaban J connectivity index is 1.86. The SMILES string of the molecule is COC(=O)N1[C@H]2CC[C@@H]1[C@@H](c1ccccc1)C2. The molecule has 0 radical (unpaired) electrons. The highest BCUT2D eigenvalue weighted by Crippen LogP contribution is 2.46. The Kier molecular flexibility index (Phi) is 2.54. The smallest absolute Gasteiger partial charge is 0.410 e. The third-order valence-electron chi connectivity index (χ3n) is 4.15. The average molecular weight is 231 g/mol. The van der Waals surface area contributed by atoms with E-state index in [0.29, 0.717) is 18.0 Å². The summed E-state index contributed by atoms with van der Waals surface area (Å²) in [6.45, 7) is 0. The van der Waals surface area contributed by atoms with Gasteiger partial charge >= 0.3 is 6.09 Å². The van der Waals surface area contributed by atoms with Crippen LogP contribution in [0, 0.1) is 0 Å². The van der Waals surface area contributed by atoms with Crippen LogP contribution in [0.2, 0.25) is 0 Å². The Morgan fingerprint density at radius 2 is 2.06 bits per heavy atom. The first-order chi connectivity index (χ1) is 8.31. The maximum Gasteiger partial charge on any atom is 0.410 e. The fourth-order valence-corrected chi connectivity index (χ4v) is 3.44. The first-order valence-corrected chi connectivity index (χ1v) is 6.22. The molecule has 3 rings (SSSR count). The number of ether oxygens (including phenoxy) is 1. The van der Waals surface area contributed by atoms with Gasteiger partial charge in [0.25, 0.3) is 0 Å². The van der Waals surface area contributed by atoms with Crippen LogP contribution < -0.4 is 0 Å². The van der Waals surface area contributed by atoms with Gasteiger partial charge in [0.2, 0.25) is 0 Å². The molecule has 2 heterocycles. The van der Waals surface area contributed by atoms with Gasteiger partial charge in [-0.3, -0.25) is 0 Å². The van der Waals surface area contributed by atoms with Crippen LogP contribution in [-0.4, -0.2) is 30.2 Å². The second kappa shape index (κ2) is 4.06. The summed E-state index contributed by atoms with van der Waals surface area (Å²) in [6, 6.07) is 11.2. The quantitative estimate of drug-likeness (QED) is 0.743. The first kappa shape index (κ1) is 10.6. The van der Waals surface area contributed by atoms with Crippen LogP contribution in [0.5, 0.6) is 0 Å². The summed E-state index contributed by atoms with van der Waals surface area (Å²) in [6.07, 6.45) is 3.17. The number of benzene rings is 1. The van der Waals surface area contributed by atoms with Crippen molar-refractivity contribution in [3.63, 3.8) is 0 Å². The molecule has 3 heteroatoms. The zero-order valence-corrected chi connectivity index (χ0v) is 10.0. The summed E-state index contributed by atoms with van der Waals surface area (Å²) >= 11 is 0. The standard InChI is InChI=1S/C14H17NO2/c1-17-14(16)15-11-7-8-13(15)12(9-11)10-5-3-2-4-6-10/h2-6,11-13H,7-9H2,1H3/t11-,12+,13+/m0/s1. The molecule has 0 saturated carbocycles. The van der Waals surface area contributed by atoms with E-state index in [0.717, 1.165) is 19.3 Å². The van der Waals surface area contributed by atoms with Crippen LogP contribution in [0.25, 0.3) is 0 Å². The van der Waals surface area contributed by atoms with E-state index < -0.39 is 0 Å². The number of rotatable bonds is 1. The molecule has 1 aromatic carbocycles. The third kappa shape index (κ3) is 1.61. The Morgan fingerprint density at radius 3 is 2.76 bits per heavy atom. The number of hydrogen-bond acceptors (Lipinski definition) is 2. The maximum atomic E-state index is 11.8. The van der Waals surface area contributed by atoms with Crippen LogP contribution in [0.15, 0.2) is 30.3 Å². The van der Waals surface area contributed by atoms with Crippen molar-refractivity contribution in [3.8, 4) is 0 Å². The van der Waals surface area contributed by atoms with Crippen molar-refractivity contribution in [2.75, 3.05) is 7.11 Å². The molecule has 2 fully saturated rings. The van der Waals surface area contributed by atoms with Crippen molar-refractivity contribution in [2.45, 2.75) is 37.3 Å². The minimum absolute atomic E-state index is 0.157. The molecule has 1 amide bonds. The van der Waals surface area contributed by atoms with Crippen LogP contribution in [0.1, 0.15) is 30.7 Å². The normalized spacial score (nSPS) is 30.6. The zero-order chi connectivity index (χ0) is 11.8. The van der Waals surface area contributed by atoms with Crippen LogP contribution in [-0.2, 0) is 4.74 Å². The van der Waals surface area contributed by atoms with Crippen LogP contribution in [0.4, 0.5) is 4.79 Å². The summed E-state index contributed by atoms with van der Waals surface area (Å²) in [7, 11) is 1.47. The summed E-state index contributed by atoms with van der Waals surface area (Å²) < 4.78 is 4.89. The van der Waals surface area contributed by atoms with Crippen molar-refractivity contribution in [1.29, 1.82) is 0 Å². The lowest BCUT2D eigenvalue weighted by Crippen LogP contribution is -2.35. The minimum Gasteiger partial charge on any atom is -0.453 e. The predicted molar refractivity (Wildman–Crippen MR) is 64.9 cm³/mol. The minimum atomic E-state index is -0.157. The highest BCUT2D eigenvalue weighted by molar-refractivity contribution is 5.69. The van der Waals surface area contributed by atoms with Crippen LogP contribution >= 0.6 is 0 Å². The van der Waals surface area contributed by atoms with E-state index in [1.807, 2.05) is 11.0 Å². The average Bonchev–Trinajstić information content (AvgIpc) is 2.96. The Morgan fingerprint density at radius 1 is 1.29 bits per heavy atom. The highest BCUT2D eigenvalue weighted by Gasteiger charge is 2.49. The second-order valence-electron chi connectivity index (χ2n) is 4.93. The number of fused-ring (bicyclic) bond motifs is 2. The fourth-order valence-electron chi connectivity index (χ4n) is 3.44. The molecule has 0 aliphatic carbocycles. The van der Waals surface area contributed by atoms with Gasteiger partial charge in [-0.15, -0.1) is 0 Å². The van der Waals surface area contributed by atoms with Crippen molar-refractivity contribution in [2.24, 2.45) is 0 Å². The van der Waals surface area contributed by atoms with Gasteiger partial charge in [-0.2, -0.15) is 0 Å². The van der Waals surface area contributed by atoms with Crippen molar-refractivity contribution in [1.82, 2.24) is 4.90 Å². The van der Waals surface area contributed by atoms with E-state index in [-0.39, 0.29) is 6.09 Å². The number of carbonyl (C=O) groups excluding carboxylic acids is 1. The molecule has 1 aromatic rings. The van der Waals surface area contributed by atoms with Crippen molar-refractivity contribution in [3.05, 3.63) is 35.9 Å². The van der Waals surface area contributed by atoms with Gasteiger partial charge in [-0.25, -0.2) is 4.79 Å². The van der Waals surface area contributed by atoms with E-state index in [1.54, 1.807) is 0 Å². The summed E-state index contributed by atoms with van der Waals surface area (Å²) in [5.74, 6) is 0.494. The molecule has 2 aliphatic rings. The number of amides is 1. The Bertz CT molecular complexity index is 417. The van der Waals surface area contributed by atoms with Gasteiger partial charge in [0.15, 0.2) is 0 Å². The van der Waals surface area contributed by atoms with E-state index in [4.69, 9.17) is 4.74 Å². The molecule has 3 nitrogen and oxygen atoms in total. The molecule has 0 spiro atoms. The lowest BCUT2D eigenvalue weighted by molar-refractivity contribution is 0.116. The van der Waals surface area contributed by atoms with E-state index in [1.165, 1.54) is 12.7 Å². The molecule has 0 aromatic heterocycles. The van der Waals surface area contributed by atoms with Gasteiger partial charge in [-0.1, -0.05) is 30.3 Å². The molecule has 0 N–H and O–H groups in total. The van der Waals surface area contributed by atoms with E-state index in [2.05, 4.69) is 24.3 Å². The van der Waals surface area contributed by atoms with E-state index >= 15 is 0 Å². The van der Waals surface area contributed by atoms with Gasteiger partial charge in [0, 0.05) is 18.0 Å². The lowest BCUT2D eigenvalue weighted by Gasteiger charge is -2.23.